The summed E-state index contributed by atoms with van der Waals surface area (Å²) in [6.07, 6.45) is 2.46. The monoisotopic (exact) mass is 501 g/mol. The zero-order valence-electron chi connectivity index (χ0n) is 22.1. The van der Waals surface area contributed by atoms with Crippen LogP contribution in [0.5, 0.6) is 5.75 Å². The summed E-state index contributed by atoms with van der Waals surface area (Å²) >= 11 is 0. The molecular weight excluding hydrogens is 470 g/mol. The van der Waals surface area contributed by atoms with Crippen LogP contribution >= 0.6 is 0 Å². The molecule has 6 nitrogen and oxygen atoms in total. The van der Waals surface area contributed by atoms with Crippen molar-refractivity contribution < 1.29 is 4.74 Å². The molecule has 6 heteroatoms. The van der Waals surface area contributed by atoms with E-state index in [1.165, 1.54) is 0 Å². The summed E-state index contributed by atoms with van der Waals surface area (Å²) < 4.78 is 8.27. The molecule has 5 aromatic rings. The summed E-state index contributed by atoms with van der Waals surface area (Å²) in [4.78, 5) is 9.71. The van der Waals surface area contributed by atoms with Crippen LogP contribution in [0.1, 0.15) is 29.5 Å². The van der Waals surface area contributed by atoms with Crippen molar-refractivity contribution in [1.82, 2.24) is 14.3 Å². The van der Waals surface area contributed by atoms with Crippen molar-refractivity contribution in [1.29, 1.82) is 5.26 Å². The molecule has 0 aliphatic carbocycles. The number of benzene rings is 3. The Kier molecular flexibility index (Phi) is 6.22. The molecule has 1 atom stereocenters. The molecule has 0 N–H and O–H groups in total. The molecule has 190 valence electrons. The first-order chi connectivity index (χ1) is 18.6. The van der Waals surface area contributed by atoms with Gasteiger partial charge in [-0.25, -0.2) is 4.98 Å². The van der Waals surface area contributed by atoms with Crippen molar-refractivity contribution in [3.8, 4) is 22.9 Å². The van der Waals surface area contributed by atoms with Crippen LogP contribution in [0.4, 0.5) is 5.82 Å². The Labute approximate surface area is 223 Å². The number of nitrogens with zero attached hydrogens (tertiary/aromatic N) is 5. The lowest BCUT2D eigenvalue weighted by molar-refractivity contribution is 0.300. The summed E-state index contributed by atoms with van der Waals surface area (Å²) in [6, 6.07) is 29.1. The molecule has 0 amide bonds. The Morgan fingerprint density at radius 3 is 2.47 bits per heavy atom. The van der Waals surface area contributed by atoms with Crippen LogP contribution in [0, 0.1) is 18.3 Å². The van der Waals surface area contributed by atoms with Crippen molar-refractivity contribution in [2.24, 2.45) is 0 Å². The summed E-state index contributed by atoms with van der Waals surface area (Å²) in [5.74, 6) is 1.91. The van der Waals surface area contributed by atoms with E-state index in [0.717, 1.165) is 69.9 Å². The number of hydrogen-bond donors (Lipinski definition) is 0. The van der Waals surface area contributed by atoms with Gasteiger partial charge in [-0.05, 0) is 74.8 Å². The van der Waals surface area contributed by atoms with Gasteiger partial charge in [0.1, 0.15) is 24.2 Å². The topological polar surface area (TPSA) is 56.8 Å². The second-order valence-electron chi connectivity index (χ2n) is 10.1. The molecule has 3 aromatic carbocycles. The van der Waals surface area contributed by atoms with Gasteiger partial charge in [-0.3, -0.25) is 9.30 Å². The van der Waals surface area contributed by atoms with Gasteiger partial charge >= 0.3 is 0 Å². The Morgan fingerprint density at radius 1 is 1.00 bits per heavy atom. The molecule has 6 rings (SSSR count). The quantitative estimate of drug-likeness (QED) is 0.269. The van der Waals surface area contributed by atoms with Crippen LogP contribution in [0.2, 0.25) is 0 Å². The number of pyridine rings is 1. The molecule has 38 heavy (non-hydrogen) atoms. The van der Waals surface area contributed by atoms with Gasteiger partial charge in [-0.2, -0.15) is 5.26 Å². The maximum absolute atomic E-state index is 10.3. The van der Waals surface area contributed by atoms with Crippen LogP contribution in [-0.2, 0) is 6.61 Å². The third kappa shape index (κ3) is 4.06. The molecule has 0 saturated carbocycles. The van der Waals surface area contributed by atoms with Crippen molar-refractivity contribution in [3.63, 3.8) is 0 Å². The highest BCUT2D eigenvalue weighted by Gasteiger charge is 2.33. The Balaban J connectivity index is 1.54. The number of ether oxygens (including phenoxy) is 1. The van der Waals surface area contributed by atoms with E-state index in [1.54, 1.807) is 0 Å². The third-order valence-electron chi connectivity index (χ3n) is 7.56. The van der Waals surface area contributed by atoms with E-state index in [-0.39, 0.29) is 6.17 Å². The molecule has 0 unspecified atom stereocenters. The van der Waals surface area contributed by atoms with Crippen LogP contribution in [0.15, 0.2) is 78.9 Å². The highest BCUT2D eigenvalue weighted by molar-refractivity contribution is 5.92. The van der Waals surface area contributed by atoms with Crippen LogP contribution in [-0.4, -0.2) is 41.1 Å². The molecule has 1 aliphatic rings. The van der Waals surface area contributed by atoms with Gasteiger partial charge in [0.15, 0.2) is 5.65 Å². The van der Waals surface area contributed by atoms with Gasteiger partial charge in [0.2, 0.25) is 0 Å². The fourth-order valence-corrected chi connectivity index (χ4v) is 5.72. The Bertz CT molecular complexity index is 1650. The lowest BCUT2D eigenvalue weighted by atomic mass is 9.97. The number of rotatable bonds is 6. The Morgan fingerprint density at radius 2 is 1.74 bits per heavy atom. The predicted octanol–water partition coefficient (Wildman–Crippen LogP) is 6.40. The van der Waals surface area contributed by atoms with Gasteiger partial charge in [0.25, 0.3) is 0 Å². The van der Waals surface area contributed by atoms with Crippen LogP contribution in [0.3, 0.4) is 0 Å². The van der Waals surface area contributed by atoms with E-state index >= 15 is 0 Å². The van der Waals surface area contributed by atoms with Crippen molar-refractivity contribution in [2.75, 3.05) is 25.5 Å². The lowest BCUT2D eigenvalue weighted by Crippen LogP contribution is -2.41. The van der Waals surface area contributed by atoms with E-state index in [9.17, 15) is 5.26 Å². The number of aromatic nitrogens is 2. The number of para-hydroxylation sites is 2. The van der Waals surface area contributed by atoms with Crippen LogP contribution < -0.4 is 9.64 Å². The second kappa shape index (κ2) is 9.85. The minimum atomic E-state index is 0.263. The van der Waals surface area contributed by atoms with Gasteiger partial charge in [-0.15, -0.1) is 0 Å². The Hall–Kier alpha value is -4.34. The molecule has 1 aliphatic heterocycles. The molecule has 1 fully saturated rings. The highest BCUT2D eigenvalue weighted by atomic mass is 16.5. The summed E-state index contributed by atoms with van der Waals surface area (Å²) in [7, 11) is 4.28. The number of nitriles is 1. The molecule has 0 radical (unpaired) electrons. The molecule has 2 aromatic heterocycles. The first-order valence-electron chi connectivity index (χ1n) is 13.1. The zero-order chi connectivity index (χ0) is 26.2. The fraction of sp³-hybridized carbons (Fsp3) is 0.250. The average Bonchev–Trinajstić information content (AvgIpc) is 3.58. The van der Waals surface area contributed by atoms with Gasteiger partial charge in [-0.1, -0.05) is 54.6 Å². The van der Waals surface area contributed by atoms with Crippen LogP contribution in [0.25, 0.3) is 27.8 Å². The normalized spacial score (nSPS) is 15.4. The van der Waals surface area contributed by atoms with E-state index < -0.39 is 0 Å². The smallest absolute Gasteiger partial charge is 0.157 e. The van der Waals surface area contributed by atoms with Gasteiger partial charge in [0.05, 0.1) is 22.8 Å². The number of hydrogen-bond acceptors (Lipinski definition) is 5. The van der Waals surface area contributed by atoms with Crippen molar-refractivity contribution >= 4 is 22.5 Å². The minimum absolute atomic E-state index is 0.263. The van der Waals surface area contributed by atoms with Gasteiger partial charge < -0.3 is 9.64 Å². The molecule has 0 bridgehead atoms. The molecule has 1 saturated heterocycles. The molecule has 0 spiro atoms. The van der Waals surface area contributed by atoms with Crippen molar-refractivity contribution in [2.45, 2.75) is 32.5 Å². The largest absolute Gasteiger partial charge is 0.489 e. The van der Waals surface area contributed by atoms with Gasteiger partial charge in [0, 0.05) is 12.1 Å². The standard InChI is InChI=1S/C32H31N5O/c1-22-26(20-33)31-34-27-12-7-8-13-28(27)37(31)32(36-19-9-14-29(36)35(2)3)30(22)24-15-17-25(18-16-24)38-21-23-10-5-4-6-11-23/h4-8,10-13,15-18,29H,9,14,19,21H2,1-3H3/t29-/m0/s1. The first kappa shape index (κ1) is 24.0. The highest BCUT2D eigenvalue weighted by Crippen LogP contribution is 2.42. The number of anilines is 1. The first-order valence-corrected chi connectivity index (χ1v) is 13.1. The summed E-state index contributed by atoms with van der Waals surface area (Å²) in [5, 5.41) is 10.3. The van der Waals surface area contributed by atoms with E-state index in [4.69, 9.17) is 9.72 Å². The summed E-state index contributed by atoms with van der Waals surface area (Å²) in [6.45, 7) is 3.52. The second-order valence-corrected chi connectivity index (χ2v) is 10.1. The third-order valence-corrected chi connectivity index (χ3v) is 7.56. The maximum Gasteiger partial charge on any atom is 0.157 e. The zero-order valence-corrected chi connectivity index (χ0v) is 22.1. The minimum Gasteiger partial charge on any atom is -0.489 e. The number of fused-ring (bicyclic) bond motifs is 3. The molecule has 3 heterocycles. The number of imidazole rings is 1. The maximum atomic E-state index is 10.3. The predicted molar refractivity (Wildman–Crippen MR) is 152 cm³/mol. The lowest BCUT2D eigenvalue weighted by Gasteiger charge is -2.34. The van der Waals surface area contributed by atoms with Crippen molar-refractivity contribution in [3.05, 3.63) is 95.6 Å². The van der Waals surface area contributed by atoms with E-state index in [0.29, 0.717) is 12.2 Å². The average molecular weight is 502 g/mol. The fourth-order valence-electron chi connectivity index (χ4n) is 5.72. The van der Waals surface area contributed by atoms with E-state index in [2.05, 4.69) is 71.6 Å². The SMILES string of the molecule is Cc1c(-c2ccc(OCc3ccccc3)cc2)c(N2CCC[C@H]2N(C)C)n2c(nc3ccccc32)c1C#N. The molecular formula is C32H31N5O. The summed E-state index contributed by atoms with van der Waals surface area (Å²) in [5.41, 5.74) is 7.46. The van der Waals surface area contributed by atoms with E-state index in [1.807, 2.05) is 48.5 Å².